The highest BCUT2D eigenvalue weighted by Gasteiger charge is 2.29. The average Bonchev–Trinajstić information content (AvgIpc) is 3.26. The van der Waals surface area contributed by atoms with Crippen LogP contribution >= 0.6 is 0 Å². The molecule has 0 aliphatic heterocycles. The predicted molar refractivity (Wildman–Crippen MR) is 115 cm³/mol. The van der Waals surface area contributed by atoms with E-state index in [1.54, 1.807) is 60.7 Å². The standard InChI is InChI=1S/C23H19N3O4S/c1-2-16-11-13-20(14-12-16)31(29,30)22-21(17-7-4-3-5-8-17)26(25-24-22)19-10-6-9-18(15-19)23(27)28/h3-15H,2H2,1H3,(H,27,28). The second-order valence-corrected chi connectivity index (χ2v) is 8.74. The Bertz CT molecular complexity index is 1350. The van der Waals surface area contributed by atoms with E-state index in [2.05, 4.69) is 10.3 Å². The number of carboxylic acid groups (broad SMARTS) is 1. The number of carboxylic acids is 1. The number of aryl methyl sites for hydroxylation is 1. The van der Waals surface area contributed by atoms with E-state index in [9.17, 15) is 18.3 Å². The first kappa shape index (κ1) is 20.5. The average molecular weight is 433 g/mol. The number of rotatable bonds is 6. The van der Waals surface area contributed by atoms with Gasteiger partial charge in [-0.3, -0.25) is 0 Å². The summed E-state index contributed by atoms with van der Waals surface area (Å²) < 4.78 is 28.2. The Labute approximate surface area is 179 Å². The van der Waals surface area contributed by atoms with Gasteiger partial charge in [0.15, 0.2) is 0 Å². The number of nitrogens with zero attached hydrogens (tertiary/aromatic N) is 3. The number of carbonyl (C=O) groups is 1. The first-order valence-corrected chi connectivity index (χ1v) is 11.1. The summed E-state index contributed by atoms with van der Waals surface area (Å²) in [7, 11) is -3.97. The van der Waals surface area contributed by atoms with Crippen LogP contribution in [0.15, 0.2) is 88.8 Å². The first-order chi connectivity index (χ1) is 14.9. The highest BCUT2D eigenvalue weighted by Crippen LogP contribution is 2.32. The zero-order valence-electron chi connectivity index (χ0n) is 16.6. The van der Waals surface area contributed by atoms with Gasteiger partial charge in [0.05, 0.1) is 16.1 Å². The number of aromatic nitrogens is 3. The monoisotopic (exact) mass is 433 g/mol. The second-order valence-electron chi connectivity index (χ2n) is 6.88. The summed E-state index contributed by atoms with van der Waals surface area (Å²) in [5, 5.41) is 17.2. The molecule has 0 aliphatic carbocycles. The van der Waals surface area contributed by atoms with E-state index in [1.165, 1.54) is 16.8 Å². The van der Waals surface area contributed by atoms with Gasteiger partial charge in [-0.15, -0.1) is 5.10 Å². The fraction of sp³-hybridized carbons (Fsp3) is 0.0870. The summed E-state index contributed by atoms with van der Waals surface area (Å²) in [6.07, 6.45) is 0.797. The van der Waals surface area contributed by atoms with Crippen molar-refractivity contribution >= 4 is 15.8 Å². The summed E-state index contributed by atoms with van der Waals surface area (Å²) in [6, 6.07) is 21.7. The molecule has 1 aromatic heterocycles. The van der Waals surface area contributed by atoms with Crippen molar-refractivity contribution in [3.05, 3.63) is 90.0 Å². The van der Waals surface area contributed by atoms with E-state index in [0.29, 0.717) is 11.3 Å². The van der Waals surface area contributed by atoms with Crippen molar-refractivity contribution in [1.29, 1.82) is 0 Å². The molecule has 4 rings (SSSR count). The smallest absolute Gasteiger partial charge is 0.335 e. The molecule has 31 heavy (non-hydrogen) atoms. The van der Waals surface area contributed by atoms with Gasteiger partial charge in [0.1, 0.15) is 5.69 Å². The van der Waals surface area contributed by atoms with Gasteiger partial charge in [0, 0.05) is 5.56 Å². The Morgan fingerprint density at radius 2 is 1.68 bits per heavy atom. The van der Waals surface area contributed by atoms with Crippen molar-refractivity contribution in [1.82, 2.24) is 15.0 Å². The minimum Gasteiger partial charge on any atom is -0.478 e. The third-order valence-electron chi connectivity index (χ3n) is 4.92. The molecular formula is C23H19N3O4S. The molecule has 0 spiro atoms. The summed E-state index contributed by atoms with van der Waals surface area (Å²) in [6.45, 7) is 1.99. The summed E-state index contributed by atoms with van der Waals surface area (Å²) >= 11 is 0. The molecule has 0 atom stereocenters. The number of hydrogen-bond donors (Lipinski definition) is 1. The van der Waals surface area contributed by atoms with Gasteiger partial charge >= 0.3 is 5.97 Å². The molecule has 156 valence electrons. The van der Waals surface area contributed by atoms with Crippen LogP contribution in [0.5, 0.6) is 0 Å². The maximum atomic E-state index is 13.4. The Morgan fingerprint density at radius 3 is 2.32 bits per heavy atom. The van der Waals surface area contributed by atoms with E-state index in [4.69, 9.17) is 0 Å². The first-order valence-electron chi connectivity index (χ1n) is 9.60. The lowest BCUT2D eigenvalue weighted by Crippen LogP contribution is -2.06. The van der Waals surface area contributed by atoms with E-state index < -0.39 is 15.8 Å². The maximum Gasteiger partial charge on any atom is 0.335 e. The van der Waals surface area contributed by atoms with Gasteiger partial charge in [-0.2, -0.15) is 0 Å². The summed E-state index contributed by atoms with van der Waals surface area (Å²) in [4.78, 5) is 11.5. The molecule has 0 radical (unpaired) electrons. The predicted octanol–water partition coefficient (Wildman–Crippen LogP) is 4.03. The zero-order chi connectivity index (χ0) is 22.0. The van der Waals surface area contributed by atoms with Crippen LogP contribution in [-0.2, 0) is 16.3 Å². The Morgan fingerprint density at radius 1 is 0.968 bits per heavy atom. The van der Waals surface area contributed by atoms with Gasteiger partial charge in [0.2, 0.25) is 14.9 Å². The van der Waals surface area contributed by atoms with Crippen molar-refractivity contribution in [2.75, 3.05) is 0 Å². The number of aromatic carboxylic acids is 1. The van der Waals surface area contributed by atoms with Crippen LogP contribution in [0.1, 0.15) is 22.8 Å². The molecule has 4 aromatic rings. The van der Waals surface area contributed by atoms with Gasteiger partial charge in [-0.25, -0.2) is 17.9 Å². The van der Waals surface area contributed by atoms with Crippen molar-refractivity contribution in [3.63, 3.8) is 0 Å². The highest BCUT2D eigenvalue weighted by atomic mass is 32.2. The lowest BCUT2D eigenvalue weighted by atomic mass is 10.1. The van der Waals surface area contributed by atoms with Crippen LogP contribution in [0.3, 0.4) is 0 Å². The van der Waals surface area contributed by atoms with Crippen LogP contribution in [0, 0.1) is 0 Å². The summed E-state index contributed by atoms with van der Waals surface area (Å²) in [5.74, 6) is -1.09. The van der Waals surface area contributed by atoms with Crippen molar-refractivity contribution in [2.45, 2.75) is 23.3 Å². The largest absolute Gasteiger partial charge is 0.478 e. The normalized spacial score (nSPS) is 11.4. The van der Waals surface area contributed by atoms with Crippen LogP contribution in [-0.4, -0.2) is 34.5 Å². The minimum absolute atomic E-state index is 0.0616. The van der Waals surface area contributed by atoms with Crippen LogP contribution in [0.25, 0.3) is 16.9 Å². The third-order valence-corrected chi connectivity index (χ3v) is 6.60. The van der Waals surface area contributed by atoms with E-state index in [0.717, 1.165) is 12.0 Å². The number of hydrogen-bond acceptors (Lipinski definition) is 5. The fourth-order valence-corrected chi connectivity index (χ4v) is 4.58. The SMILES string of the molecule is CCc1ccc(S(=O)(=O)c2nnn(-c3cccc(C(=O)O)c3)c2-c2ccccc2)cc1. The quantitative estimate of drug-likeness (QED) is 0.493. The number of sulfone groups is 1. The van der Waals surface area contributed by atoms with E-state index in [1.807, 2.05) is 13.0 Å². The van der Waals surface area contributed by atoms with E-state index >= 15 is 0 Å². The summed E-state index contributed by atoms with van der Waals surface area (Å²) in [5.41, 5.74) is 2.34. The molecular weight excluding hydrogens is 414 g/mol. The topological polar surface area (TPSA) is 102 Å². The van der Waals surface area contributed by atoms with Gasteiger partial charge in [-0.1, -0.05) is 60.7 Å². The van der Waals surface area contributed by atoms with Gasteiger partial charge in [0.25, 0.3) is 0 Å². The molecule has 1 heterocycles. The molecule has 0 saturated carbocycles. The molecule has 3 aromatic carbocycles. The Balaban J connectivity index is 1.94. The maximum absolute atomic E-state index is 13.4. The van der Waals surface area contributed by atoms with E-state index in [-0.39, 0.29) is 21.2 Å². The van der Waals surface area contributed by atoms with Crippen LogP contribution < -0.4 is 0 Å². The molecule has 0 aliphatic rings. The molecule has 0 unspecified atom stereocenters. The molecule has 1 N–H and O–H groups in total. The fourth-order valence-electron chi connectivity index (χ4n) is 3.26. The number of benzene rings is 3. The van der Waals surface area contributed by atoms with Crippen molar-refractivity contribution in [3.8, 4) is 16.9 Å². The van der Waals surface area contributed by atoms with Crippen LogP contribution in [0.4, 0.5) is 0 Å². The molecule has 8 heteroatoms. The van der Waals surface area contributed by atoms with Crippen LogP contribution in [0.2, 0.25) is 0 Å². The van der Waals surface area contributed by atoms with Crippen molar-refractivity contribution < 1.29 is 18.3 Å². The second kappa shape index (κ2) is 8.16. The third kappa shape index (κ3) is 3.85. The van der Waals surface area contributed by atoms with Gasteiger partial charge < -0.3 is 5.11 Å². The molecule has 0 amide bonds. The lowest BCUT2D eigenvalue weighted by Gasteiger charge is -2.10. The zero-order valence-corrected chi connectivity index (χ0v) is 17.5. The molecule has 7 nitrogen and oxygen atoms in total. The Kier molecular flexibility index (Phi) is 5.39. The molecule has 0 saturated heterocycles. The Hall–Kier alpha value is -3.78. The lowest BCUT2D eigenvalue weighted by molar-refractivity contribution is 0.0697. The minimum atomic E-state index is -3.97. The highest BCUT2D eigenvalue weighted by molar-refractivity contribution is 7.91. The molecule has 0 fully saturated rings. The van der Waals surface area contributed by atoms with Gasteiger partial charge in [-0.05, 0) is 42.3 Å². The van der Waals surface area contributed by atoms with Crippen molar-refractivity contribution in [2.24, 2.45) is 0 Å². The molecule has 0 bridgehead atoms.